The van der Waals surface area contributed by atoms with Crippen molar-refractivity contribution >= 4 is 23.2 Å². The van der Waals surface area contributed by atoms with Crippen LogP contribution in [0.25, 0.3) is 0 Å². The van der Waals surface area contributed by atoms with Crippen LogP contribution in [-0.2, 0) is 16.1 Å². The lowest BCUT2D eigenvalue weighted by Gasteiger charge is -2.40. The van der Waals surface area contributed by atoms with Gasteiger partial charge in [0.1, 0.15) is 6.10 Å². The van der Waals surface area contributed by atoms with Gasteiger partial charge < -0.3 is 9.47 Å². The Bertz CT molecular complexity index is 384. The van der Waals surface area contributed by atoms with E-state index in [1.165, 1.54) is 0 Å². The summed E-state index contributed by atoms with van der Waals surface area (Å²) in [5.41, 5.74) is 1.01. The molecule has 18 heavy (non-hydrogen) atoms. The van der Waals surface area contributed by atoms with Crippen molar-refractivity contribution in [1.29, 1.82) is 0 Å². The first-order chi connectivity index (χ1) is 8.72. The van der Waals surface area contributed by atoms with Crippen LogP contribution in [0.2, 0.25) is 5.02 Å². The standard InChI is InChI=1S/C14H18Cl2O2/c1-2-7-17-14-12(16)8-13(14)18-9-10-5-3-4-6-11(10)15/h3-6,12-14H,2,7-9H2,1H3. The Balaban J connectivity index is 1.82. The topological polar surface area (TPSA) is 18.5 Å². The number of halogens is 2. The first-order valence-electron chi connectivity index (χ1n) is 6.33. The molecule has 0 aromatic heterocycles. The van der Waals surface area contributed by atoms with E-state index in [-0.39, 0.29) is 17.6 Å². The van der Waals surface area contributed by atoms with Crippen molar-refractivity contribution in [2.45, 2.75) is 44.0 Å². The van der Waals surface area contributed by atoms with E-state index in [2.05, 4.69) is 6.92 Å². The quantitative estimate of drug-likeness (QED) is 0.736. The number of rotatable bonds is 6. The predicted octanol–water partition coefficient (Wildman–Crippen LogP) is 4.03. The van der Waals surface area contributed by atoms with Gasteiger partial charge in [-0.3, -0.25) is 0 Å². The van der Waals surface area contributed by atoms with Crippen molar-refractivity contribution in [3.05, 3.63) is 34.9 Å². The normalized spacial score (nSPS) is 26.9. The summed E-state index contributed by atoms with van der Waals surface area (Å²) in [5, 5.41) is 0.818. The SMILES string of the molecule is CCCOC1C(Cl)CC1OCc1ccccc1Cl. The summed E-state index contributed by atoms with van der Waals surface area (Å²) in [6.45, 7) is 3.33. The molecule has 1 aromatic carbocycles. The van der Waals surface area contributed by atoms with Gasteiger partial charge in [-0.25, -0.2) is 0 Å². The number of benzene rings is 1. The zero-order valence-corrected chi connectivity index (χ0v) is 12.0. The second kappa shape index (κ2) is 6.76. The number of hydrogen-bond acceptors (Lipinski definition) is 2. The van der Waals surface area contributed by atoms with Gasteiger partial charge in [0.2, 0.25) is 0 Å². The number of ether oxygens (including phenoxy) is 2. The fraction of sp³-hybridized carbons (Fsp3) is 0.571. The molecular weight excluding hydrogens is 271 g/mol. The van der Waals surface area contributed by atoms with Gasteiger partial charge in [-0.1, -0.05) is 36.7 Å². The molecule has 2 nitrogen and oxygen atoms in total. The molecule has 3 atom stereocenters. The molecule has 1 aliphatic rings. The fourth-order valence-electron chi connectivity index (χ4n) is 1.97. The highest BCUT2D eigenvalue weighted by atomic mass is 35.5. The lowest BCUT2D eigenvalue weighted by atomic mass is 9.91. The van der Waals surface area contributed by atoms with Crippen LogP contribution in [0.5, 0.6) is 0 Å². The van der Waals surface area contributed by atoms with E-state index in [0.29, 0.717) is 6.61 Å². The van der Waals surface area contributed by atoms with Crippen molar-refractivity contribution in [2.24, 2.45) is 0 Å². The highest BCUT2D eigenvalue weighted by Gasteiger charge is 2.41. The summed E-state index contributed by atoms with van der Waals surface area (Å²) >= 11 is 12.2. The summed E-state index contributed by atoms with van der Waals surface area (Å²) < 4.78 is 11.5. The molecule has 100 valence electrons. The largest absolute Gasteiger partial charge is 0.374 e. The van der Waals surface area contributed by atoms with E-state index in [1.54, 1.807) is 0 Å². The van der Waals surface area contributed by atoms with Crippen molar-refractivity contribution in [1.82, 2.24) is 0 Å². The summed E-state index contributed by atoms with van der Waals surface area (Å²) in [7, 11) is 0. The van der Waals surface area contributed by atoms with Gasteiger partial charge in [-0.05, 0) is 24.5 Å². The zero-order chi connectivity index (χ0) is 13.0. The minimum absolute atomic E-state index is 0.0223. The van der Waals surface area contributed by atoms with Gasteiger partial charge >= 0.3 is 0 Å². The highest BCUT2D eigenvalue weighted by Crippen LogP contribution is 2.33. The first kappa shape index (κ1) is 14.1. The van der Waals surface area contributed by atoms with Crippen LogP contribution in [0, 0.1) is 0 Å². The third kappa shape index (κ3) is 3.39. The maximum Gasteiger partial charge on any atom is 0.100 e. The van der Waals surface area contributed by atoms with Gasteiger partial charge in [0, 0.05) is 11.6 Å². The van der Waals surface area contributed by atoms with Crippen molar-refractivity contribution in [2.75, 3.05) is 6.61 Å². The average molecular weight is 289 g/mol. The van der Waals surface area contributed by atoms with Crippen molar-refractivity contribution < 1.29 is 9.47 Å². The lowest BCUT2D eigenvalue weighted by Crippen LogP contribution is -2.51. The Morgan fingerprint density at radius 2 is 2.06 bits per heavy atom. The molecular formula is C14H18Cl2O2. The summed E-state index contributed by atoms with van der Waals surface area (Å²) in [6, 6.07) is 7.72. The number of alkyl halides is 1. The molecule has 0 saturated heterocycles. The van der Waals surface area contributed by atoms with Gasteiger partial charge in [0.25, 0.3) is 0 Å². The first-order valence-corrected chi connectivity index (χ1v) is 7.14. The van der Waals surface area contributed by atoms with Gasteiger partial charge in [0.05, 0.1) is 18.1 Å². The highest BCUT2D eigenvalue weighted by molar-refractivity contribution is 6.31. The molecule has 0 radical (unpaired) electrons. The van der Waals surface area contributed by atoms with Crippen molar-refractivity contribution in [3.8, 4) is 0 Å². The summed E-state index contributed by atoms with van der Waals surface area (Å²) in [5.74, 6) is 0. The third-order valence-electron chi connectivity index (χ3n) is 3.11. The molecule has 1 aliphatic carbocycles. The van der Waals surface area contributed by atoms with E-state index >= 15 is 0 Å². The fourth-order valence-corrected chi connectivity index (χ4v) is 2.57. The van der Waals surface area contributed by atoms with E-state index in [0.717, 1.165) is 30.0 Å². The molecule has 0 spiro atoms. The van der Waals surface area contributed by atoms with Crippen LogP contribution in [0.15, 0.2) is 24.3 Å². The molecule has 1 aromatic rings. The van der Waals surface area contributed by atoms with E-state index in [9.17, 15) is 0 Å². The van der Waals surface area contributed by atoms with Crippen molar-refractivity contribution in [3.63, 3.8) is 0 Å². The van der Waals surface area contributed by atoms with E-state index < -0.39 is 0 Å². The van der Waals surface area contributed by atoms with E-state index in [1.807, 2.05) is 24.3 Å². The number of hydrogen-bond donors (Lipinski definition) is 0. The molecule has 1 saturated carbocycles. The Kier molecular flexibility index (Phi) is 5.31. The molecule has 3 unspecified atom stereocenters. The Hall–Kier alpha value is -0.280. The molecule has 0 bridgehead atoms. The molecule has 1 fully saturated rings. The zero-order valence-electron chi connectivity index (χ0n) is 10.4. The van der Waals surface area contributed by atoms with Gasteiger partial charge in [-0.2, -0.15) is 0 Å². The molecule has 0 N–H and O–H groups in total. The van der Waals surface area contributed by atoms with E-state index in [4.69, 9.17) is 32.7 Å². The molecule has 0 heterocycles. The molecule has 2 rings (SSSR count). The van der Waals surface area contributed by atoms with Crippen LogP contribution in [-0.4, -0.2) is 24.2 Å². The second-order valence-electron chi connectivity index (χ2n) is 4.53. The predicted molar refractivity (Wildman–Crippen MR) is 74.3 cm³/mol. The lowest BCUT2D eigenvalue weighted by molar-refractivity contribution is -0.129. The van der Waals surface area contributed by atoms with Gasteiger partial charge in [-0.15, -0.1) is 11.6 Å². The molecule has 4 heteroatoms. The minimum atomic E-state index is 0.0223. The smallest absolute Gasteiger partial charge is 0.100 e. The summed E-state index contributed by atoms with van der Waals surface area (Å²) in [4.78, 5) is 0. The summed E-state index contributed by atoms with van der Waals surface area (Å²) in [6.07, 6.45) is 1.96. The van der Waals surface area contributed by atoms with Crippen LogP contribution in [0.4, 0.5) is 0 Å². The second-order valence-corrected chi connectivity index (χ2v) is 5.50. The van der Waals surface area contributed by atoms with Gasteiger partial charge in [0.15, 0.2) is 0 Å². The molecule has 0 aliphatic heterocycles. The minimum Gasteiger partial charge on any atom is -0.374 e. The third-order valence-corrected chi connectivity index (χ3v) is 3.90. The molecule has 0 amide bonds. The monoisotopic (exact) mass is 288 g/mol. The Labute approximate surface area is 118 Å². The van der Waals surface area contributed by atoms with Crippen LogP contribution >= 0.6 is 23.2 Å². The maximum atomic E-state index is 6.13. The van der Waals surface area contributed by atoms with Crippen LogP contribution < -0.4 is 0 Å². The van der Waals surface area contributed by atoms with Crippen LogP contribution in [0.3, 0.4) is 0 Å². The maximum absolute atomic E-state index is 6.13. The average Bonchev–Trinajstić information content (AvgIpc) is 2.36. The Morgan fingerprint density at radius 1 is 1.28 bits per heavy atom. The van der Waals surface area contributed by atoms with Crippen LogP contribution in [0.1, 0.15) is 25.3 Å². The Morgan fingerprint density at radius 3 is 2.72 bits per heavy atom.